The highest BCUT2D eigenvalue weighted by Gasteiger charge is 2.15. The van der Waals surface area contributed by atoms with Gasteiger partial charge >= 0.3 is 5.97 Å². The van der Waals surface area contributed by atoms with E-state index in [1.54, 1.807) is 12.1 Å². The minimum atomic E-state index is -0.612. The van der Waals surface area contributed by atoms with Crippen molar-refractivity contribution in [3.8, 4) is 11.5 Å². The van der Waals surface area contributed by atoms with Crippen molar-refractivity contribution in [3.63, 3.8) is 0 Å². The minimum absolute atomic E-state index is 0.0230. The van der Waals surface area contributed by atoms with Gasteiger partial charge in [0, 0.05) is 9.26 Å². The van der Waals surface area contributed by atoms with Crippen molar-refractivity contribution in [1.29, 1.82) is 0 Å². The molecule has 1 amide bonds. The van der Waals surface area contributed by atoms with Crippen molar-refractivity contribution < 1.29 is 23.8 Å². The van der Waals surface area contributed by atoms with Crippen LogP contribution in [0.5, 0.6) is 11.5 Å². The van der Waals surface area contributed by atoms with Crippen LogP contribution in [0.15, 0.2) is 36.4 Å². The van der Waals surface area contributed by atoms with Crippen LogP contribution in [-0.2, 0) is 9.53 Å². The SMILES string of the molecule is COc1cc(C(=O)OCC(=O)Nc2ccc(I)cc2C)ccc1OC(C)C. The molecule has 0 aromatic heterocycles. The summed E-state index contributed by atoms with van der Waals surface area (Å²) in [5, 5.41) is 2.73. The molecule has 1 N–H and O–H groups in total. The summed E-state index contributed by atoms with van der Waals surface area (Å²) >= 11 is 2.20. The molecule has 7 heteroatoms. The van der Waals surface area contributed by atoms with E-state index in [1.807, 2.05) is 39.0 Å². The number of aryl methyl sites for hydroxylation is 1. The highest BCUT2D eigenvalue weighted by atomic mass is 127. The van der Waals surface area contributed by atoms with Gasteiger partial charge in [0.15, 0.2) is 18.1 Å². The van der Waals surface area contributed by atoms with E-state index < -0.39 is 11.9 Å². The second-order valence-electron chi connectivity index (χ2n) is 6.12. The molecular formula is C20H22INO5. The lowest BCUT2D eigenvalue weighted by Gasteiger charge is -2.14. The Bertz CT molecular complexity index is 835. The number of hydrogen-bond donors (Lipinski definition) is 1. The number of benzene rings is 2. The van der Waals surface area contributed by atoms with Gasteiger partial charge in [-0.3, -0.25) is 4.79 Å². The van der Waals surface area contributed by atoms with Crippen LogP contribution in [0, 0.1) is 10.5 Å². The van der Waals surface area contributed by atoms with Crippen molar-refractivity contribution >= 4 is 40.2 Å². The third kappa shape index (κ3) is 6.13. The number of esters is 1. The number of anilines is 1. The number of ether oxygens (including phenoxy) is 3. The zero-order valence-electron chi connectivity index (χ0n) is 15.7. The Hall–Kier alpha value is -2.29. The molecule has 0 heterocycles. The number of methoxy groups -OCH3 is 1. The number of carbonyl (C=O) groups is 2. The van der Waals surface area contributed by atoms with Crippen LogP contribution >= 0.6 is 22.6 Å². The third-order valence-electron chi connectivity index (χ3n) is 3.56. The smallest absolute Gasteiger partial charge is 0.338 e. The Morgan fingerprint density at radius 3 is 2.48 bits per heavy atom. The van der Waals surface area contributed by atoms with E-state index in [0.717, 1.165) is 9.13 Å². The van der Waals surface area contributed by atoms with E-state index in [-0.39, 0.29) is 18.3 Å². The Labute approximate surface area is 172 Å². The maximum atomic E-state index is 12.2. The first kappa shape index (κ1) is 21.0. The van der Waals surface area contributed by atoms with Crippen molar-refractivity contribution in [2.75, 3.05) is 19.0 Å². The van der Waals surface area contributed by atoms with Gasteiger partial charge in [-0.2, -0.15) is 0 Å². The lowest BCUT2D eigenvalue weighted by atomic mass is 10.2. The lowest BCUT2D eigenvalue weighted by Crippen LogP contribution is -2.21. The number of amides is 1. The molecule has 0 saturated heterocycles. The molecule has 2 aromatic carbocycles. The standard InChI is InChI=1S/C20H22INO5/c1-12(2)27-17-8-5-14(10-18(17)25-4)20(24)26-11-19(23)22-16-7-6-15(21)9-13(16)3/h5-10,12H,11H2,1-4H3,(H,22,23). The van der Waals surface area contributed by atoms with E-state index in [9.17, 15) is 9.59 Å². The molecule has 0 aliphatic heterocycles. The molecule has 27 heavy (non-hydrogen) atoms. The molecule has 0 saturated carbocycles. The van der Waals surface area contributed by atoms with Gasteiger partial charge in [-0.1, -0.05) is 0 Å². The molecule has 0 fully saturated rings. The van der Waals surface area contributed by atoms with Crippen LogP contribution in [0.1, 0.15) is 29.8 Å². The van der Waals surface area contributed by atoms with Crippen LogP contribution in [0.3, 0.4) is 0 Å². The highest BCUT2D eigenvalue weighted by Crippen LogP contribution is 2.29. The van der Waals surface area contributed by atoms with Gasteiger partial charge in [0.25, 0.3) is 5.91 Å². The first-order valence-corrected chi connectivity index (χ1v) is 9.46. The van der Waals surface area contributed by atoms with Crippen LogP contribution in [0.2, 0.25) is 0 Å². The summed E-state index contributed by atoms with van der Waals surface area (Å²) in [6.07, 6.45) is -0.0230. The summed E-state index contributed by atoms with van der Waals surface area (Å²) in [6.45, 7) is 5.32. The van der Waals surface area contributed by atoms with Gasteiger partial charge in [0.2, 0.25) is 0 Å². The normalized spacial score (nSPS) is 10.4. The van der Waals surface area contributed by atoms with Gasteiger partial charge in [-0.05, 0) is 85.3 Å². The van der Waals surface area contributed by atoms with Crippen LogP contribution < -0.4 is 14.8 Å². The zero-order chi connectivity index (χ0) is 20.0. The van der Waals surface area contributed by atoms with E-state index >= 15 is 0 Å². The fourth-order valence-electron chi connectivity index (χ4n) is 2.31. The molecule has 0 bridgehead atoms. The molecule has 2 aromatic rings. The topological polar surface area (TPSA) is 73.9 Å². The molecule has 6 nitrogen and oxygen atoms in total. The number of hydrogen-bond acceptors (Lipinski definition) is 5. The minimum Gasteiger partial charge on any atom is -0.493 e. The van der Waals surface area contributed by atoms with Gasteiger partial charge < -0.3 is 19.5 Å². The van der Waals surface area contributed by atoms with Gasteiger partial charge in [0.1, 0.15) is 0 Å². The lowest BCUT2D eigenvalue weighted by molar-refractivity contribution is -0.119. The maximum Gasteiger partial charge on any atom is 0.338 e. The van der Waals surface area contributed by atoms with Gasteiger partial charge in [-0.15, -0.1) is 0 Å². The number of rotatable bonds is 7. The second kappa shape index (κ2) is 9.59. The van der Waals surface area contributed by atoms with Gasteiger partial charge in [0.05, 0.1) is 18.8 Å². The zero-order valence-corrected chi connectivity index (χ0v) is 17.8. The number of halogens is 1. The van der Waals surface area contributed by atoms with E-state index in [1.165, 1.54) is 13.2 Å². The Kier molecular flexibility index (Phi) is 7.46. The number of nitrogens with one attached hydrogen (secondary N) is 1. The Morgan fingerprint density at radius 1 is 1.11 bits per heavy atom. The Morgan fingerprint density at radius 2 is 1.85 bits per heavy atom. The predicted molar refractivity (Wildman–Crippen MR) is 112 cm³/mol. The highest BCUT2D eigenvalue weighted by molar-refractivity contribution is 14.1. The van der Waals surface area contributed by atoms with E-state index in [0.29, 0.717) is 17.2 Å². The summed E-state index contributed by atoms with van der Waals surface area (Å²) in [7, 11) is 1.49. The van der Waals surface area contributed by atoms with Crippen LogP contribution in [-0.4, -0.2) is 31.7 Å². The summed E-state index contributed by atoms with van der Waals surface area (Å²) in [6, 6.07) is 10.4. The monoisotopic (exact) mass is 483 g/mol. The fourth-order valence-corrected chi connectivity index (χ4v) is 2.96. The van der Waals surface area contributed by atoms with Gasteiger partial charge in [-0.25, -0.2) is 4.79 Å². The predicted octanol–water partition coefficient (Wildman–Crippen LogP) is 4.19. The summed E-state index contributed by atoms with van der Waals surface area (Å²) < 4.78 is 17.0. The average Bonchev–Trinajstić information content (AvgIpc) is 2.62. The quantitative estimate of drug-likeness (QED) is 0.473. The van der Waals surface area contributed by atoms with Crippen molar-refractivity contribution in [1.82, 2.24) is 0 Å². The Balaban J connectivity index is 1.97. The van der Waals surface area contributed by atoms with E-state index in [4.69, 9.17) is 14.2 Å². The summed E-state index contributed by atoms with van der Waals surface area (Å²) in [4.78, 5) is 24.3. The van der Waals surface area contributed by atoms with Crippen molar-refractivity contribution in [2.24, 2.45) is 0 Å². The largest absolute Gasteiger partial charge is 0.493 e. The average molecular weight is 483 g/mol. The number of carbonyl (C=O) groups excluding carboxylic acids is 2. The molecule has 0 aliphatic rings. The third-order valence-corrected chi connectivity index (χ3v) is 4.23. The van der Waals surface area contributed by atoms with Crippen LogP contribution in [0.25, 0.3) is 0 Å². The summed E-state index contributed by atoms with van der Waals surface area (Å²) in [5.41, 5.74) is 1.90. The fraction of sp³-hybridized carbons (Fsp3) is 0.300. The first-order chi connectivity index (χ1) is 12.8. The summed E-state index contributed by atoms with van der Waals surface area (Å²) in [5.74, 6) is -0.0497. The molecule has 0 unspecified atom stereocenters. The second-order valence-corrected chi connectivity index (χ2v) is 7.36. The van der Waals surface area contributed by atoms with Crippen molar-refractivity contribution in [2.45, 2.75) is 26.9 Å². The molecule has 144 valence electrons. The molecule has 2 rings (SSSR count). The molecular weight excluding hydrogens is 461 g/mol. The van der Waals surface area contributed by atoms with Crippen molar-refractivity contribution in [3.05, 3.63) is 51.1 Å². The van der Waals surface area contributed by atoms with E-state index in [2.05, 4.69) is 27.9 Å². The maximum absolute atomic E-state index is 12.2. The molecule has 0 spiro atoms. The molecule has 0 aliphatic carbocycles. The molecule has 0 atom stereocenters. The van der Waals surface area contributed by atoms with Crippen LogP contribution in [0.4, 0.5) is 5.69 Å². The first-order valence-electron chi connectivity index (χ1n) is 8.38. The molecule has 0 radical (unpaired) electrons.